The summed E-state index contributed by atoms with van der Waals surface area (Å²) in [5.74, 6) is 0.218. The number of ether oxygens (including phenoxy) is 2. The summed E-state index contributed by atoms with van der Waals surface area (Å²) in [7, 11) is 0. The van der Waals surface area contributed by atoms with Gasteiger partial charge in [0.15, 0.2) is 6.29 Å². The van der Waals surface area contributed by atoms with E-state index < -0.39 is 4.32 Å². The van der Waals surface area contributed by atoms with E-state index in [1.165, 1.54) is 0 Å². The number of nitrogens with zero attached hydrogens (tertiary/aromatic N) is 1. The third kappa shape index (κ3) is 4.63. The first kappa shape index (κ1) is 18.9. The molecule has 0 aromatic carbocycles. The molecule has 1 saturated carbocycles. The van der Waals surface area contributed by atoms with Crippen LogP contribution in [0.25, 0.3) is 0 Å². The van der Waals surface area contributed by atoms with Crippen molar-refractivity contribution in [3.8, 4) is 0 Å². The summed E-state index contributed by atoms with van der Waals surface area (Å²) in [5, 5.41) is 7.01. The zero-order valence-electron chi connectivity index (χ0n) is 15.0. The summed E-state index contributed by atoms with van der Waals surface area (Å²) in [6.45, 7) is 4.94. The van der Waals surface area contributed by atoms with Gasteiger partial charge in [-0.1, -0.05) is 33.9 Å². The Morgan fingerprint density at radius 3 is 2.80 bits per heavy atom. The highest BCUT2D eigenvalue weighted by molar-refractivity contribution is 9.10. The lowest BCUT2D eigenvalue weighted by molar-refractivity contribution is -0.172. The molecular weight excluding hydrogens is 388 g/mol. The standard InChI is InChI=1S/C18H27BrN2O4/c1-17(2,19)16(22)20-14-11-13(21-25-14)18(8-4-5-9-18)12-24-15-7-3-6-10-23-15/h11,15H,3-10,12H2,1-2H3,(H,20,22). The van der Waals surface area contributed by atoms with Crippen LogP contribution in [0.3, 0.4) is 0 Å². The van der Waals surface area contributed by atoms with Gasteiger partial charge in [0, 0.05) is 18.1 Å². The number of carbonyl (C=O) groups excluding carboxylic acids is 1. The zero-order valence-corrected chi connectivity index (χ0v) is 16.6. The highest BCUT2D eigenvalue weighted by Gasteiger charge is 2.40. The van der Waals surface area contributed by atoms with E-state index in [9.17, 15) is 4.79 Å². The number of halogens is 1. The normalized spacial score (nSPS) is 23.6. The summed E-state index contributed by atoms with van der Waals surface area (Å²) >= 11 is 3.35. The van der Waals surface area contributed by atoms with Crippen molar-refractivity contribution in [1.82, 2.24) is 5.16 Å². The molecule has 1 N–H and O–H groups in total. The van der Waals surface area contributed by atoms with Gasteiger partial charge in [-0.15, -0.1) is 0 Å². The fourth-order valence-electron chi connectivity index (χ4n) is 3.47. The number of hydrogen-bond acceptors (Lipinski definition) is 5. The fraction of sp³-hybridized carbons (Fsp3) is 0.778. The monoisotopic (exact) mass is 414 g/mol. The Morgan fingerprint density at radius 2 is 2.16 bits per heavy atom. The first-order valence-corrected chi connectivity index (χ1v) is 9.89. The minimum absolute atomic E-state index is 0.105. The summed E-state index contributed by atoms with van der Waals surface area (Å²) < 4.78 is 16.5. The molecule has 3 rings (SSSR count). The predicted octanol–water partition coefficient (Wildman–Crippen LogP) is 4.14. The van der Waals surface area contributed by atoms with Crippen molar-refractivity contribution in [2.45, 2.75) is 74.8 Å². The van der Waals surface area contributed by atoms with Gasteiger partial charge in [-0.2, -0.15) is 0 Å². The highest BCUT2D eigenvalue weighted by atomic mass is 79.9. The molecule has 1 atom stereocenters. The first-order valence-electron chi connectivity index (χ1n) is 9.10. The Kier molecular flexibility index (Phi) is 5.85. The maximum atomic E-state index is 12.1. The minimum atomic E-state index is -0.660. The van der Waals surface area contributed by atoms with Crippen molar-refractivity contribution in [2.75, 3.05) is 18.5 Å². The number of hydrogen-bond donors (Lipinski definition) is 1. The average molecular weight is 415 g/mol. The van der Waals surface area contributed by atoms with Gasteiger partial charge in [0.1, 0.15) is 0 Å². The van der Waals surface area contributed by atoms with Crippen LogP contribution in [0.1, 0.15) is 64.5 Å². The lowest BCUT2D eigenvalue weighted by Gasteiger charge is -2.30. The maximum absolute atomic E-state index is 12.1. The number of anilines is 1. The number of carbonyl (C=O) groups is 1. The second kappa shape index (κ2) is 7.76. The topological polar surface area (TPSA) is 73.6 Å². The molecule has 2 aliphatic rings. The third-order valence-corrected chi connectivity index (χ3v) is 5.43. The Labute approximate surface area is 157 Å². The molecule has 2 fully saturated rings. The van der Waals surface area contributed by atoms with E-state index >= 15 is 0 Å². The Hall–Kier alpha value is -0.920. The van der Waals surface area contributed by atoms with E-state index in [1.54, 1.807) is 13.8 Å². The second-order valence-corrected chi connectivity index (χ2v) is 9.58. The molecule has 0 spiro atoms. The molecule has 0 radical (unpaired) electrons. The first-order chi connectivity index (χ1) is 11.9. The summed E-state index contributed by atoms with van der Waals surface area (Å²) in [6.07, 6.45) is 7.45. The molecule has 1 aromatic heterocycles. The van der Waals surface area contributed by atoms with Crippen LogP contribution in [0, 0.1) is 0 Å². The van der Waals surface area contributed by atoms with E-state index in [1.807, 2.05) is 6.07 Å². The van der Waals surface area contributed by atoms with E-state index in [4.69, 9.17) is 14.0 Å². The number of rotatable bonds is 6. The number of aromatic nitrogens is 1. The van der Waals surface area contributed by atoms with Gasteiger partial charge >= 0.3 is 0 Å². The Morgan fingerprint density at radius 1 is 1.40 bits per heavy atom. The zero-order chi connectivity index (χ0) is 17.9. The molecule has 1 unspecified atom stereocenters. The van der Waals surface area contributed by atoms with Crippen molar-refractivity contribution >= 4 is 27.7 Å². The summed E-state index contributed by atoms with van der Waals surface area (Å²) in [4.78, 5) is 12.1. The van der Waals surface area contributed by atoms with E-state index in [2.05, 4.69) is 26.4 Å². The molecule has 1 aliphatic heterocycles. The van der Waals surface area contributed by atoms with Crippen molar-refractivity contribution in [1.29, 1.82) is 0 Å². The molecule has 0 bridgehead atoms. The van der Waals surface area contributed by atoms with Gasteiger partial charge in [0.2, 0.25) is 11.8 Å². The van der Waals surface area contributed by atoms with E-state index in [0.29, 0.717) is 12.5 Å². The van der Waals surface area contributed by atoms with E-state index in [0.717, 1.165) is 57.2 Å². The van der Waals surface area contributed by atoms with Crippen LogP contribution >= 0.6 is 15.9 Å². The molecule has 6 nitrogen and oxygen atoms in total. The largest absolute Gasteiger partial charge is 0.353 e. The van der Waals surface area contributed by atoms with Crippen LogP contribution in [0.4, 0.5) is 5.88 Å². The lowest BCUT2D eigenvalue weighted by atomic mass is 9.83. The molecular formula is C18H27BrN2O4. The molecule has 7 heteroatoms. The SMILES string of the molecule is CC(C)(Br)C(=O)Nc1cc(C2(COC3CCCCO3)CCCC2)no1. The van der Waals surface area contributed by atoms with Crippen LogP contribution in [0.5, 0.6) is 0 Å². The highest BCUT2D eigenvalue weighted by Crippen LogP contribution is 2.42. The molecule has 140 valence electrons. The fourth-order valence-corrected chi connectivity index (χ4v) is 3.56. The summed E-state index contributed by atoms with van der Waals surface area (Å²) in [6, 6.07) is 1.84. The average Bonchev–Trinajstić information content (AvgIpc) is 3.23. The van der Waals surface area contributed by atoms with Crippen molar-refractivity contribution in [3.63, 3.8) is 0 Å². The Balaban J connectivity index is 1.67. The third-order valence-electron chi connectivity index (χ3n) is 5.07. The molecule has 25 heavy (non-hydrogen) atoms. The van der Waals surface area contributed by atoms with Gasteiger partial charge in [0.25, 0.3) is 0 Å². The second-order valence-electron chi connectivity index (χ2n) is 7.60. The van der Waals surface area contributed by atoms with Gasteiger partial charge in [-0.25, -0.2) is 0 Å². The summed E-state index contributed by atoms with van der Waals surface area (Å²) in [5.41, 5.74) is 0.723. The van der Waals surface area contributed by atoms with Crippen LogP contribution in [0.15, 0.2) is 10.6 Å². The molecule has 1 amide bonds. The smallest absolute Gasteiger partial charge is 0.243 e. The molecule has 1 saturated heterocycles. The lowest BCUT2D eigenvalue weighted by Crippen LogP contribution is -2.33. The Bertz CT molecular complexity index is 584. The quantitative estimate of drug-likeness (QED) is 0.707. The predicted molar refractivity (Wildman–Crippen MR) is 97.8 cm³/mol. The van der Waals surface area contributed by atoms with Crippen LogP contribution in [-0.4, -0.2) is 34.9 Å². The van der Waals surface area contributed by atoms with E-state index in [-0.39, 0.29) is 17.6 Å². The van der Waals surface area contributed by atoms with Gasteiger partial charge < -0.3 is 14.0 Å². The van der Waals surface area contributed by atoms with Crippen LogP contribution in [-0.2, 0) is 19.7 Å². The van der Waals surface area contributed by atoms with Gasteiger partial charge in [-0.05, 0) is 46.0 Å². The van der Waals surface area contributed by atoms with Crippen molar-refractivity contribution in [2.24, 2.45) is 0 Å². The van der Waals surface area contributed by atoms with Gasteiger partial charge in [-0.3, -0.25) is 10.1 Å². The maximum Gasteiger partial charge on any atom is 0.243 e. The minimum Gasteiger partial charge on any atom is -0.353 e. The number of amides is 1. The number of alkyl halides is 1. The number of nitrogens with one attached hydrogen (secondary N) is 1. The molecule has 1 aliphatic carbocycles. The molecule has 2 heterocycles. The molecule has 1 aromatic rings. The van der Waals surface area contributed by atoms with Crippen molar-refractivity contribution in [3.05, 3.63) is 11.8 Å². The van der Waals surface area contributed by atoms with Gasteiger partial charge in [0.05, 0.1) is 16.6 Å². The van der Waals surface area contributed by atoms with Crippen LogP contribution in [0.2, 0.25) is 0 Å². The van der Waals surface area contributed by atoms with Crippen LogP contribution < -0.4 is 5.32 Å². The van der Waals surface area contributed by atoms with Crippen molar-refractivity contribution < 1.29 is 18.8 Å².